The fourth-order valence-electron chi connectivity index (χ4n) is 2.77. The Morgan fingerprint density at radius 2 is 2.29 bits per heavy atom. The molecule has 5 heteroatoms. The zero-order valence-corrected chi connectivity index (χ0v) is 12.1. The summed E-state index contributed by atoms with van der Waals surface area (Å²) < 4.78 is 1.83. The summed E-state index contributed by atoms with van der Waals surface area (Å²) in [6.07, 6.45) is 5.64. The predicted molar refractivity (Wildman–Crippen MR) is 81.1 cm³/mol. The number of aromatic nitrogens is 2. The molecule has 5 nitrogen and oxygen atoms in total. The molecular formula is C16H20N4O. The van der Waals surface area contributed by atoms with Crippen molar-refractivity contribution >= 4 is 5.91 Å². The maximum Gasteiger partial charge on any atom is 0.237 e. The highest BCUT2D eigenvalue weighted by atomic mass is 16.2. The van der Waals surface area contributed by atoms with Gasteiger partial charge in [-0.3, -0.25) is 4.79 Å². The van der Waals surface area contributed by atoms with Crippen LogP contribution in [0.2, 0.25) is 0 Å². The third-order valence-corrected chi connectivity index (χ3v) is 3.89. The molecule has 1 amide bonds. The van der Waals surface area contributed by atoms with Crippen molar-refractivity contribution in [3.05, 3.63) is 48.3 Å². The standard InChI is InChI=1S/C16H20N4O/c1-12(19-16(21)14-7-4-9-17-14)13-6-2-3-8-15(13)20-11-5-10-18-20/h2-3,5-6,8,10-12,14,17H,4,7,9H2,1H3,(H,19,21). The number of hydrogen-bond donors (Lipinski definition) is 2. The summed E-state index contributed by atoms with van der Waals surface area (Å²) in [4.78, 5) is 12.2. The zero-order chi connectivity index (χ0) is 14.7. The molecule has 2 heterocycles. The number of amides is 1. The number of benzene rings is 1. The Morgan fingerprint density at radius 3 is 3.00 bits per heavy atom. The molecule has 1 aliphatic heterocycles. The summed E-state index contributed by atoms with van der Waals surface area (Å²) in [7, 11) is 0. The van der Waals surface area contributed by atoms with E-state index >= 15 is 0 Å². The van der Waals surface area contributed by atoms with Gasteiger partial charge < -0.3 is 10.6 Å². The quantitative estimate of drug-likeness (QED) is 0.900. The Balaban J connectivity index is 1.78. The maximum atomic E-state index is 12.2. The molecule has 1 aromatic heterocycles. The minimum atomic E-state index is -0.0553. The van der Waals surface area contributed by atoms with Gasteiger partial charge in [0.05, 0.1) is 17.8 Å². The number of para-hydroxylation sites is 1. The maximum absolute atomic E-state index is 12.2. The van der Waals surface area contributed by atoms with Crippen molar-refractivity contribution < 1.29 is 4.79 Å². The highest BCUT2D eigenvalue weighted by Crippen LogP contribution is 2.21. The van der Waals surface area contributed by atoms with E-state index in [0.717, 1.165) is 30.6 Å². The number of nitrogens with one attached hydrogen (secondary N) is 2. The van der Waals surface area contributed by atoms with Gasteiger partial charge in [-0.25, -0.2) is 4.68 Å². The number of rotatable bonds is 4. The first kappa shape index (κ1) is 13.8. The molecular weight excluding hydrogens is 264 g/mol. The molecule has 2 atom stereocenters. The van der Waals surface area contributed by atoms with E-state index in [-0.39, 0.29) is 18.0 Å². The second kappa shape index (κ2) is 6.10. The minimum absolute atomic E-state index is 0.0516. The van der Waals surface area contributed by atoms with Crippen LogP contribution in [0.5, 0.6) is 0 Å². The monoisotopic (exact) mass is 284 g/mol. The van der Waals surface area contributed by atoms with Gasteiger partial charge in [-0.2, -0.15) is 5.10 Å². The molecule has 2 unspecified atom stereocenters. The lowest BCUT2D eigenvalue weighted by atomic mass is 10.1. The van der Waals surface area contributed by atoms with Crippen molar-refractivity contribution in [1.29, 1.82) is 0 Å². The number of carbonyl (C=O) groups is 1. The third-order valence-electron chi connectivity index (χ3n) is 3.89. The molecule has 1 saturated heterocycles. The molecule has 0 spiro atoms. The first-order chi connectivity index (χ1) is 10.3. The van der Waals surface area contributed by atoms with Gasteiger partial charge in [0.25, 0.3) is 0 Å². The van der Waals surface area contributed by atoms with Gasteiger partial charge in [0.15, 0.2) is 0 Å². The highest BCUT2D eigenvalue weighted by molar-refractivity contribution is 5.82. The molecule has 1 aromatic carbocycles. The van der Waals surface area contributed by atoms with Crippen LogP contribution in [0.4, 0.5) is 0 Å². The van der Waals surface area contributed by atoms with Crippen LogP contribution < -0.4 is 10.6 Å². The van der Waals surface area contributed by atoms with E-state index in [1.807, 2.05) is 48.1 Å². The van der Waals surface area contributed by atoms with Gasteiger partial charge in [0.1, 0.15) is 0 Å². The normalized spacial score (nSPS) is 19.4. The molecule has 1 fully saturated rings. The van der Waals surface area contributed by atoms with Crippen LogP contribution in [0.25, 0.3) is 5.69 Å². The lowest BCUT2D eigenvalue weighted by molar-refractivity contribution is -0.123. The zero-order valence-electron chi connectivity index (χ0n) is 12.1. The third kappa shape index (κ3) is 2.97. The number of hydrogen-bond acceptors (Lipinski definition) is 3. The Morgan fingerprint density at radius 1 is 1.43 bits per heavy atom. The Labute approximate surface area is 124 Å². The Hall–Kier alpha value is -2.14. The van der Waals surface area contributed by atoms with Gasteiger partial charge in [-0.1, -0.05) is 18.2 Å². The average molecular weight is 284 g/mol. The van der Waals surface area contributed by atoms with E-state index in [1.54, 1.807) is 6.20 Å². The van der Waals surface area contributed by atoms with E-state index in [1.165, 1.54) is 0 Å². The molecule has 110 valence electrons. The second-order valence-corrected chi connectivity index (χ2v) is 5.39. The molecule has 21 heavy (non-hydrogen) atoms. The van der Waals surface area contributed by atoms with E-state index in [4.69, 9.17) is 0 Å². The Kier molecular flexibility index (Phi) is 4.01. The van der Waals surface area contributed by atoms with Crippen LogP contribution in [0.15, 0.2) is 42.7 Å². The first-order valence-corrected chi connectivity index (χ1v) is 7.38. The highest BCUT2D eigenvalue weighted by Gasteiger charge is 2.24. The molecule has 0 bridgehead atoms. The van der Waals surface area contributed by atoms with Crippen LogP contribution in [0, 0.1) is 0 Å². The van der Waals surface area contributed by atoms with E-state index in [2.05, 4.69) is 15.7 Å². The number of nitrogens with zero attached hydrogens (tertiary/aromatic N) is 2. The molecule has 2 N–H and O–H groups in total. The van der Waals surface area contributed by atoms with Gasteiger partial charge in [0.2, 0.25) is 5.91 Å². The SMILES string of the molecule is CC(NC(=O)C1CCCN1)c1ccccc1-n1cccn1. The molecule has 0 saturated carbocycles. The minimum Gasteiger partial charge on any atom is -0.348 e. The summed E-state index contributed by atoms with van der Waals surface area (Å²) in [6.45, 7) is 2.94. The number of carbonyl (C=O) groups excluding carboxylic acids is 1. The first-order valence-electron chi connectivity index (χ1n) is 7.38. The lowest BCUT2D eigenvalue weighted by Gasteiger charge is -2.20. The molecule has 0 radical (unpaired) electrons. The summed E-state index contributed by atoms with van der Waals surface area (Å²) in [6, 6.07) is 9.79. The van der Waals surface area contributed by atoms with E-state index in [9.17, 15) is 4.79 Å². The summed E-state index contributed by atoms with van der Waals surface area (Å²) in [5.74, 6) is 0.0790. The van der Waals surface area contributed by atoms with Crippen LogP contribution in [-0.2, 0) is 4.79 Å². The molecule has 0 aliphatic carbocycles. The van der Waals surface area contributed by atoms with Gasteiger partial charge in [-0.15, -0.1) is 0 Å². The van der Waals surface area contributed by atoms with E-state index in [0.29, 0.717) is 0 Å². The van der Waals surface area contributed by atoms with Crippen LogP contribution in [0.3, 0.4) is 0 Å². The fraction of sp³-hybridized carbons (Fsp3) is 0.375. The van der Waals surface area contributed by atoms with Crippen LogP contribution >= 0.6 is 0 Å². The van der Waals surface area contributed by atoms with Crippen molar-refractivity contribution in [2.24, 2.45) is 0 Å². The van der Waals surface area contributed by atoms with Crippen molar-refractivity contribution in [1.82, 2.24) is 20.4 Å². The topological polar surface area (TPSA) is 59.0 Å². The molecule has 2 aromatic rings. The van der Waals surface area contributed by atoms with Crippen molar-refractivity contribution in [3.8, 4) is 5.69 Å². The summed E-state index contributed by atoms with van der Waals surface area (Å²) >= 11 is 0. The smallest absolute Gasteiger partial charge is 0.237 e. The lowest BCUT2D eigenvalue weighted by Crippen LogP contribution is -2.41. The molecule has 3 rings (SSSR count). The largest absolute Gasteiger partial charge is 0.348 e. The second-order valence-electron chi connectivity index (χ2n) is 5.39. The van der Waals surface area contributed by atoms with Gasteiger partial charge in [0, 0.05) is 12.4 Å². The van der Waals surface area contributed by atoms with Crippen LogP contribution in [0.1, 0.15) is 31.4 Å². The average Bonchev–Trinajstić information content (AvgIpc) is 3.20. The van der Waals surface area contributed by atoms with Crippen molar-refractivity contribution in [3.63, 3.8) is 0 Å². The predicted octanol–water partition coefficient (Wildman–Crippen LogP) is 1.80. The van der Waals surface area contributed by atoms with E-state index < -0.39 is 0 Å². The summed E-state index contributed by atoms with van der Waals surface area (Å²) in [5, 5.41) is 10.6. The fourth-order valence-corrected chi connectivity index (χ4v) is 2.77. The summed E-state index contributed by atoms with van der Waals surface area (Å²) in [5.41, 5.74) is 2.06. The van der Waals surface area contributed by atoms with Gasteiger partial charge >= 0.3 is 0 Å². The molecule has 1 aliphatic rings. The van der Waals surface area contributed by atoms with Gasteiger partial charge in [-0.05, 0) is 44.0 Å². The van der Waals surface area contributed by atoms with Crippen molar-refractivity contribution in [2.45, 2.75) is 31.8 Å². The van der Waals surface area contributed by atoms with Crippen molar-refractivity contribution in [2.75, 3.05) is 6.54 Å². The van der Waals surface area contributed by atoms with Crippen LogP contribution in [-0.4, -0.2) is 28.3 Å². The Bertz CT molecular complexity index is 602.